The summed E-state index contributed by atoms with van der Waals surface area (Å²) in [4.78, 5) is 26.2. The van der Waals surface area contributed by atoms with E-state index in [4.69, 9.17) is 13.6 Å². The Morgan fingerprint density at radius 3 is 2.35 bits per heavy atom. The van der Waals surface area contributed by atoms with E-state index in [1.54, 1.807) is 47.8 Å². The summed E-state index contributed by atoms with van der Waals surface area (Å²) in [5.41, 5.74) is 0.927. The van der Waals surface area contributed by atoms with Gasteiger partial charge in [-0.1, -0.05) is 0 Å². The quantitative estimate of drug-likeness (QED) is 0.763. The van der Waals surface area contributed by atoms with E-state index in [2.05, 4.69) is 5.32 Å². The molecule has 2 amide bonds. The van der Waals surface area contributed by atoms with E-state index in [0.29, 0.717) is 41.6 Å². The number of ether oxygens (including phenoxy) is 1. The zero-order chi connectivity index (χ0) is 17.9. The molecule has 1 aromatic carbocycles. The molecule has 0 fully saturated rings. The van der Waals surface area contributed by atoms with Crippen molar-refractivity contribution in [1.29, 1.82) is 0 Å². The van der Waals surface area contributed by atoms with Crippen molar-refractivity contribution in [2.45, 2.75) is 13.1 Å². The molecule has 1 N–H and O–H groups in total. The molecule has 0 atom stereocenters. The number of nitrogens with zero attached hydrogens (tertiary/aromatic N) is 1. The summed E-state index contributed by atoms with van der Waals surface area (Å²) in [6, 6.07) is 12.1. The molecule has 0 spiro atoms. The van der Waals surface area contributed by atoms with Gasteiger partial charge in [0, 0.05) is 5.56 Å². The molecule has 0 saturated carbocycles. The lowest BCUT2D eigenvalue weighted by molar-refractivity contribution is -0.118. The minimum Gasteiger partial charge on any atom is -0.482 e. The molecule has 3 aromatic rings. The number of amides is 2. The number of furan rings is 2. The zero-order valence-corrected chi connectivity index (χ0v) is 13.8. The Labute approximate surface area is 149 Å². The number of anilines is 1. The van der Waals surface area contributed by atoms with E-state index in [1.165, 1.54) is 0 Å². The van der Waals surface area contributed by atoms with Crippen LogP contribution in [-0.2, 0) is 17.9 Å². The maximum atomic E-state index is 13.1. The Morgan fingerprint density at radius 2 is 1.73 bits per heavy atom. The SMILES string of the molecule is O=C1COc2ccc(C(=O)N(Cc3ccco3)Cc3ccco3)cc2N1. The van der Waals surface area contributed by atoms with Crippen LogP contribution in [0.25, 0.3) is 0 Å². The summed E-state index contributed by atoms with van der Waals surface area (Å²) in [5.74, 6) is 1.43. The molecular formula is C19H16N2O5. The van der Waals surface area contributed by atoms with Gasteiger partial charge in [-0.25, -0.2) is 0 Å². The van der Waals surface area contributed by atoms with Gasteiger partial charge in [-0.05, 0) is 42.5 Å². The highest BCUT2D eigenvalue weighted by atomic mass is 16.5. The van der Waals surface area contributed by atoms with Crippen LogP contribution in [0.5, 0.6) is 5.75 Å². The Hall–Kier alpha value is -3.48. The van der Waals surface area contributed by atoms with E-state index >= 15 is 0 Å². The van der Waals surface area contributed by atoms with Gasteiger partial charge in [0.25, 0.3) is 11.8 Å². The van der Waals surface area contributed by atoms with Crippen molar-refractivity contribution in [2.75, 3.05) is 11.9 Å². The fourth-order valence-corrected chi connectivity index (χ4v) is 2.78. The highest BCUT2D eigenvalue weighted by Crippen LogP contribution is 2.29. The number of carbonyl (C=O) groups is 2. The third-order valence-corrected chi connectivity index (χ3v) is 4.00. The molecule has 26 heavy (non-hydrogen) atoms. The monoisotopic (exact) mass is 352 g/mol. The standard InChI is InChI=1S/C19H16N2O5/c22-18-12-26-17-6-5-13(9-16(17)20-18)19(23)21(10-14-3-1-7-24-14)11-15-4-2-8-25-15/h1-9H,10-12H2,(H,20,22). The van der Waals surface area contributed by atoms with Gasteiger partial charge in [0.1, 0.15) is 17.3 Å². The van der Waals surface area contributed by atoms with Crippen LogP contribution < -0.4 is 10.1 Å². The second-order valence-corrected chi connectivity index (χ2v) is 5.87. The van der Waals surface area contributed by atoms with Crippen molar-refractivity contribution < 1.29 is 23.2 Å². The number of nitrogens with one attached hydrogen (secondary N) is 1. The molecular weight excluding hydrogens is 336 g/mol. The molecule has 0 aliphatic carbocycles. The van der Waals surface area contributed by atoms with Crippen LogP contribution in [-0.4, -0.2) is 23.3 Å². The van der Waals surface area contributed by atoms with Crippen LogP contribution in [0.1, 0.15) is 21.9 Å². The molecule has 2 aromatic heterocycles. The van der Waals surface area contributed by atoms with Gasteiger partial charge in [0.2, 0.25) is 0 Å². The average Bonchev–Trinajstić information content (AvgIpc) is 3.34. The van der Waals surface area contributed by atoms with E-state index in [-0.39, 0.29) is 18.4 Å². The molecule has 0 saturated heterocycles. The number of carbonyl (C=O) groups excluding carboxylic acids is 2. The average molecular weight is 352 g/mol. The number of hydrogen-bond acceptors (Lipinski definition) is 5. The molecule has 1 aliphatic rings. The van der Waals surface area contributed by atoms with Crippen LogP contribution in [0.4, 0.5) is 5.69 Å². The first kappa shape index (κ1) is 16.0. The fourth-order valence-electron chi connectivity index (χ4n) is 2.78. The van der Waals surface area contributed by atoms with Crippen LogP contribution in [0.2, 0.25) is 0 Å². The van der Waals surface area contributed by atoms with E-state index in [9.17, 15) is 9.59 Å². The van der Waals surface area contributed by atoms with Crippen LogP contribution in [0.3, 0.4) is 0 Å². The van der Waals surface area contributed by atoms with E-state index < -0.39 is 0 Å². The van der Waals surface area contributed by atoms with Crippen molar-refractivity contribution >= 4 is 17.5 Å². The molecule has 1 aliphatic heterocycles. The molecule has 3 heterocycles. The first-order valence-corrected chi connectivity index (χ1v) is 8.10. The minimum absolute atomic E-state index is 0.0244. The second-order valence-electron chi connectivity index (χ2n) is 5.87. The van der Waals surface area contributed by atoms with E-state index in [0.717, 1.165) is 0 Å². The normalized spacial score (nSPS) is 12.8. The molecule has 7 heteroatoms. The van der Waals surface area contributed by atoms with Gasteiger partial charge in [-0.3, -0.25) is 9.59 Å². The summed E-state index contributed by atoms with van der Waals surface area (Å²) in [6.45, 7) is 0.572. The molecule has 4 rings (SSSR count). The second kappa shape index (κ2) is 6.79. The summed E-state index contributed by atoms with van der Waals surface area (Å²) in [5, 5.41) is 2.71. The summed E-state index contributed by atoms with van der Waals surface area (Å²) in [7, 11) is 0. The lowest BCUT2D eigenvalue weighted by Gasteiger charge is -2.22. The van der Waals surface area contributed by atoms with Crippen LogP contribution >= 0.6 is 0 Å². The molecule has 0 radical (unpaired) electrons. The topological polar surface area (TPSA) is 84.9 Å². The largest absolute Gasteiger partial charge is 0.482 e. The minimum atomic E-state index is -0.245. The molecule has 7 nitrogen and oxygen atoms in total. The highest BCUT2D eigenvalue weighted by Gasteiger charge is 2.22. The summed E-state index contributed by atoms with van der Waals surface area (Å²) >= 11 is 0. The number of benzene rings is 1. The Kier molecular flexibility index (Phi) is 4.18. The van der Waals surface area contributed by atoms with Crippen LogP contribution in [0, 0.1) is 0 Å². The van der Waals surface area contributed by atoms with Gasteiger partial charge >= 0.3 is 0 Å². The van der Waals surface area contributed by atoms with Gasteiger partial charge in [-0.15, -0.1) is 0 Å². The predicted molar refractivity (Wildman–Crippen MR) is 91.6 cm³/mol. The van der Waals surface area contributed by atoms with Gasteiger partial charge in [0.05, 0.1) is 31.3 Å². The lowest BCUT2D eigenvalue weighted by atomic mass is 10.1. The van der Waals surface area contributed by atoms with E-state index in [1.807, 2.05) is 12.1 Å². The van der Waals surface area contributed by atoms with Crippen molar-refractivity contribution in [3.63, 3.8) is 0 Å². The molecule has 132 valence electrons. The predicted octanol–water partition coefficient (Wildman–Crippen LogP) is 3.05. The number of hydrogen-bond donors (Lipinski definition) is 1. The number of fused-ring (bicyclic) bond motifs is 1. The Bertz CT molecular complexity index is 879. The van der Waals surface area contributed by atoms with Gasteiger partial charge in [-0.2, -0.15) is 0 Å². The highest BCUT2D eigenvalue weighted by molar-refractivity contribution is 5.99. The zero-order valence-electron chi connectivity index (χ0n) is 13.8. The molecule has 0 bridgehead atoms. The van der Waals surface area contributed by atoms with Gasteiger partial charge in [0.15, 0.2) is 6.61 Å². The first-order valence-electron chi connectivity index (χ1n) is 8.10. The van der Waals surface area contributed by atoms with Gasteiger partial charge < -0.3 is 23.8 Å². The maximum Gasteiger partial charge on any atom is 0.262 e. The summed E-state index contributed by atoms with van der Waals surface area (Å²) < 4.78 is 16.1. The maximum absolute atomic E-state index is 13.1. The Balaban J connectivity index is 1.61. The number of rotatable bonds is 5. The van der Waals surface area contributed by atoms with Crippen molar-refractivity contribution in [2.24, 2.45) is 0 Å². The van der Waals surface area contributed by atoms with Crippen molar-refractivity contribution in [3.05, 3.63) is 72.1 Å². The summed E-state index contributed by atoms with van der Waals surface area (Å²) in [6.07, 6.45) is 3.13. The van der Waals surface area contributed by atoms with Crippen LogP contribution in [0.15, 0.2) is 63.8 Å². The Morgan fingerprint density at radius 1 is 1.04 bits per heavy atom. The smallest absolute Gasteiger partial charge is 0.262 e. The molecule has 0 unspecified atom stereocenters. The third-order valence-electron chi connectivity index (χ3n) is 4.00. The first-order chi connectivity index (χ1) is 12.7. The fraction of sp³-hybridized carbons (Fsp3) is 0.158. The lowest BCUT2D eigenvalue weighted by Crippen LogP contribution is -2.30. The third kappa shape index (κ3) is 3.32. The van der Waals surface area contributed by atoms with Crippen molar-refractivity contribution in [1.82, 2.24) is 4.90 Å². The van der Waals surface area contributed by atoms with Crippen molar-refractivity contribution in [3.8, 4) is 5.75 Å².